The lowest BCUT2D eigenvalue weighted by molar-refractivity contribution is 0.205. The summed E-state index contributed by atoms with van der Waals surface area (Å²) in [5.41, 5.74) is 1.02. The average molecular weight is 343 g/mol. The van der Waals surface area contributed by atoms with Crippen molar-refractivity contribution >= 4 is 6.03 Å². The molecular weight excluding hydrogens is 314 g/mol. The molecule has 1 aliphatic heterocycles. The molecule has 1 aromatic rings. The fourth-order valence-corrected chi connectivity index (χ4v) is 3.59. The Morgan fingerprint density at radius 2 is 1.88 bits per heavy atom. The van der Waals surface area contributed by atoms with Gasteiger partial charge in [0.2, 0.25) is 0 Å². The SMILES string of the molecule is CN(C)CCOc1ccccc1CNC(=O)N1CC2CC=CCC2C1. The predicted octanol–water partition coefficient (Wildman–Crippen LogP) is 2.73. The number of nitrogens with one attached hydrogen (secondary N) is 1. The average Bonchev–Trinajstić information content (AvgIpc) is 3.04. The monoisotopic (exact) mass is 343 g/mol. The molecule has 1 heterocycles. The van der Waals surface area contributed by atoms with Gasteiger partial charge in [0.1, 0.15) is 12.4 Å². The van der Waals surface area contributed by atoms with E-state index in [1.54, 1.807) is 0 Å². The molecule has 0 bridgehead atoms. The van der Waals surface area contributed by atoms with Gasteiger partial charge in [0.05, 0.1) is 0 Å². The quantitative estimate of drug-likeness (QED) is 0.808. The van der Waals surface area contributed by atoms with E-state index in [-0.39, 0.29) is 6.03 Å². The van der Waals surface area contributed by atoms with Crippen LogP contribution in [0.25, 0.3) is 0 Å². The third-order valence-corrected chi connectivity index (χ3v) is 5.11. The second-order valence-corrected chi connectivity index (χ2v) is 7.29. The molecule has 5 nitrogen and oxygen atoms in total. The van der Waals surface area contributed by atoms with Crippen molar-refractivity contribution in [3.63, 3.8) is 0 Å². The number of amides is 2. The number of likely N-dealkylation sites (N-methyl/N-ethyl adjacent to an activating group) is 1. The first kappa shape index (κ1) is 17.8. The summed E-state index contributed by atoms with van der Waals surface area (Å²) >= 11 is 0. The number of likely N-dealkylation sites (tertiary alicyclic amines) is 1. The number of rotatable bonds is 6. The van der Waals surface area contributed by atoms with Gasteiger partial charge >= 0.3 is 6.03 Å². The molecule has 1 fully saturated rings. The molecule has 1 aliphatic carbocycles. The molecule has 2 atom stereocenters. The zero-order chi connectivity index (χ0) is 17.6. The van der Waals surface area contributed by atoms with E-state index in [0.29, 0.717) is 25.0 Å². The summed E-state index contributed by atoms with van der Waals surface area (Å²) in [5, 5.41) is 3.07. The minimum Gasteiger partial charge on any atom is -0.492 e. The zero-order valence-corrected chi connectivity index (χ0v) is 15.3. The van der Waals surface area contributed by atoms with E-state index in [1.807, 2.05) is 43.3 Å². The van der Waals surface area contributed by atoms with Crippen LogP contribution < -0.4 is 10.1 Å². The summed E-state index contributed by atoms with van der Waals surface area (Å²) in [6.45, 7) is 3.76. The topological polar surface area (TPSA) is 44.8 Å². The highest BCUT2D eigenvalue weighted by atomic mass is 16.5. The van der Waals surface area contributed by atoms with Crippen LogP contribution >= 0.6 is 0 Å². The fourth-order valence-electron chi connectivity index (χ4n) is 3.59. The van der Waals surface area contributed by atoms with Gasteiger partial charge in [-0.1, -0.05) is 30.4 Å². The molecule has 0 radical (unpaired) electrons. The molecular formula is C20H29N3O2. The minimum absolute atomic E-state index is 0.0393. The molecule has 1 saturated heterocycles. The van der Waals surface area contributed by atoms with Crippen LogP contribution in [0.1, 0.15) is 18.4 Å². The van der Waals surface area contributed by atoms with Crippen LogP contribution in [-0.4, -0.2) is 56.2 Å². The highest BCUT2D eigenvalue weighted by Gasteiger charge is 2.34. The Labute approximate surface area is 150 Å². The molecule has 0 spiro atoms. The molecule has 0 aromatic heterocycles. The van der Waals surface area contributed by atoms with Gasteiger partial charge in [0.15, 0.2) is 0 Å². The van der Waals surface area contributed by atoms with Crippen molar-refractivity contribution in [2.45, 2.75) is 19.4 Å². The van der Waals surface area contributed by atoms with Gasteiger partial charge in [-0.3, -0.25) is 0 Å². The van der Waals surface area contributed by atoms with E-state index in [2.05, 4.69) is 22.4 Å². The van der Waals surface area contributed by atoms with Crippen LogP contribution in [0.2, 0.25) is 0 Å². The molecule has 1 aromatic carbocycles. The van der Waals surface area contributed by atoms with Crippen molar-refractivity contribution in [2.24, 2.45) is 11.8 Å². The number of fused-ring (bicyclic) bond motifs is 1. The minimum atomic E-state index is 0.0393. The van der Waals surface area contributed by atoms with Crippen molar-refractivity contribution < 1.29 is 9.53 Å². The fraction of sp³-hybridized carbons (Fsp3) is 0.550. The van der Waals surface area contributed by atoms with Crippen LogP contribution in [-0.2, 0) is 6.54 Å². The first-order chi connectivity index (χ1) is 12.1. The Bertz CT molecular complexity index is 599. The molecule has 2 aliphatic rings. The number of allylic oxidation sites excluding steroid dienone is 2. The number of carbonyl (C=O) groups excluding carboxylic acids is 1. The van der Waals surface area contributed by atoms with E-state index in [0.717, 1.165) is 43.8 Å². The number of urea groups is 1. The number of carbonyl (C=O) groups is 1. The van der Waals surface area contributed by atoms with E-state index in [4.69, 9.17) is 4.74 Å². The summed E-state index contributed by atoms with van der Waals surface area (Å²) in [5.74, 6) is 2.12. The Kier molecular flexibility index (Phi) is 5.97. The van der Waals surface area contributed by atoms with Gasteiger partial charge in [-0.05, 0) is 44.8 Å². The predicted molar refractivity (Wildman–Crippen MR) is 99.7 cm³/mol. The summed E-state index contributed by atoms with van der Waals surface area (Å²) in [6.07, 6.45) is 6.72. The van der Waals surface area contributed by atoms with E-state index >= 15 is 0 Å². The second kappa shape index (κ2) is 8.39. The molecule has 5 heteroatoms. The highest BCUT2D eigenvalue weighted by Crippen LogP contribution is 2.32. The van der Waals surface area contributed by atoms with Crippen molar-refractivity contribution in [1.29, 1.82) is 0 Å². The summed E-state index contributed by atoms with van der Waals surface area (Å²) in [4.78, 5) is 16.6. The van der Waals surface area contributed by atoms with Crippen LogP contribution in [0.5, 0.6) is 5.75 Å². The normalized spacial score (nSPS) is 22.1. The summed E-state index contributed by atoms with van der Waals surface area (Å²) in [7, 11) is 4.05. The third-order valence-electron chi connectivity index (χ3n) is 5.11. The van der Waals surface area contributed by atoms with Crippen molar-refractivity contribution in [3.8, 4) is 5.75 Å². The largest absolute Gasteiger partial charge is 0.492 e. The lowest BCUT2D eigenvalue weighted by Crippen LogP contribution is -2.38. The maximum atomic E-state index is 12.5. The Morgan fingerprint density at radius 3 is 2.56 bits per heavy atom. The van der Waals surface area contributed by atoms with Gasteiger partial charge in [0, 0.05) is 31.7 Å². The van der Waals surface area contributed by atoms with Crippen LogP contribution in [0.3, 0.4) is 0 Å². The van der Waals surface area contributed by atoms with Crippen LogP contribution in [0.15, 0.2) is 36.4 Å². The lowest BCUT2D eigenvalue weighted by atomic mass is 9.86. The first-order valence-electron chi connectivity index (χ1n) is 9.16. The Balaban J connectivity index is 1.50. The Hall–Kier alpha value is -2.01. The van der Waals surface area contributed by atoms with Gasteiger partial charge in [-0.2, -0.15) is 0 Å². The number of ether oxygens (including phenoxy) is 1. The van der Waals surface area contributed by atoms with Gasteiger partial charge < -0.3 is 19.9 Å². The number of hydrogen-bond donors (Lipinski definition) is 1. The van der Waals surface area contributed by atoms with Crippen LogP contribution in [0.4, 0.5) is 4.79 Å². The molecule has 3 rings (SSSR count). The standard InChI is InChI=1S/C20H29N3O2/c1-22(2)11-12-25-19-10-6-5-7-16(19)13-21-20(24)23-14-17-8-3-4-9-18(17)15-23/h3-7,10,17-18H,8-9,11-15H2,1-2H3,(H,21,24). The van der Waals surface area contributed by atoms with E-state index in [1.165, 1.54) is 0 Å². The molecule has 136 valence electrons. The second-order valence-electron chi connectivity index (χ2n) is 7.29. The van der Waals surface area contributed by atoms with Gasteiger partial charge in [0.25, 0.3) is 0 Å². The Morgan fingerprint density at radius 1 is 1.20 bits per heavy atom. The van der Waals surface area contributed by atoms with Crippen molar-refractivity contribution in [1.82, 2.24) is 15.1 Å². The maximum absolute atomic E-state index is 12.5. The summed E-state index contributed by atoms with van der Waals surface area (Å²) in [6, 6.07) is 7.97. The molecule has 1 N–H and O–H groups in total. The highest BCUT2D eigenvalue weighted by molar-refractivity contribution is 5.74. The molecule has 2 unspecified atom stereocenters. The number of benzene rings is 1. The summed E-state index contributed by atoms with van der Waals surface area (Å²) < 4.78 is 5.87. The molecule has 25 heavy (non-hydrogen) atoms. The van der Waals surface area contributed by atoms with Gasteiger partial charge in [-0.25, -0.2) is 4.79 Å². The smallest absolute Gasteiger partial charge is 0.317 e. The molecule has 0 saturated carbocycles. The number of hydrogen-bond acceptors (Lipinski definition) is 3. The van der Waals surface area contributed by atoms with Crippen LogP contribution in [0, 0.1) is 11.8 Å². The van der Waals surface area contributed by atoms with E-state index in [9.17, 15) is 4.79 Å². The van der Waals surface area contributed by atoms with Crippen molar-refractivity contribution in [3.05, 3.63) is 42.0 Å². The van der Waals surface area contributed by atoms with Gasteiger partial charge in [-0.15, -0.1) is 0 Å². The lowest BCUT2D eigenvalue weighted by Gasteiger charge is -2.18. The third kappa shape index (κ3) is 4.75. The maximum Gasteiger partial charge on any atom is 0.317 e. The number of para-hydroxylation sites is 1. The first-order valence-corrected chi connectivity index (χ1v) is 9.16. The molecule has 2 amide bonds. The van der Waals surface area contributed by atoms with E-state index < -0.39 is 0 Å². The van der Waals surface area contributed by atoms with Crippen molar-refractivity contribution in [2.75, 3.05) is 40.3 Å². The zero-order valence-electron chi connectivity index (χ0n) is 15.3. The number of nitrogens with zero attached hydrogens (tertiary/aromatic N) is 2.